The predicted molar refractivity (Wildman–Crippen MR) is 93.6 cm³/mol. The summed E-state index contributed by atoms with van der Waals surface area (Å²) in [6.07, 6.45) is 0.894. The Balaban J connectivity index is 1.99. The average Bonchev–Trinajstić information content (AvgIpc) is 2.79. The number of hydrogen-bond acceptors (Lipinski definition) is 2. The van der Waals surface area contributed by atoms with Crippen LogP contribution in [0.15, 0.2) is 59.0 Å². The molecule has 0 bridgehead atoms. The van der Waals surface area contributed by atoms with Gasteiger partial charge in [-0.25, -0.2) is 8.42 Å². The van der Waals surface area contributed by atoms with Crippen molar-refractivity contribution in [2.75, 3.05) is 0 Å². The molecule has 3 rings (SSSR count). The van der Waals surface area contributed by atoms with Gasteiger partial charge in [0, 0.05) is 0 Å². The second kappa shape index (κ2) is 5.95. The molecule has 1 unspecified atom stereocenters. The van der Waals surface area contributed by atoms with Crippen LogP contribution in [0.3, 0.4) is 0 Å². The highest BCUT2D eigenvalue weighted by atomic mass is 32.2. The molecule has 0 aliphatic heterocycles. The summed E-state index contributed by atoms with van der Waals surface area (Å²) in [6.45, 7) is 6.06. The Labute approximate surface area is 138 Å². The van der Waals surface area contributed by atoms with Crippen molar-refractivity contribution in [2.24, 2.45) is 0 Å². The van der Waals surface area contributed by atoms with Crippen LogP contribution in [-0.2, 0) is 10.0 Å². The van der Waals surface area contributed by atoms with Crippen LogP contribution in [0.4, 0.5) is 0 Å². The smallest absolute Gasteiger partial charge is 0.207 e. The number of nitrogens with one attached hydrogen (secondary N) is 1. The summed E-state index contributed by atoms with van der Waals surface area (Å²) >= 11 is 0. The van der Waals surface area contributed by atoms with Gasteiger partial charge in [-0.3, -0.25) is 0 Å². The van der Waals surface area contributed by atoms with Gasteiger partial charge in [-0.1, -0.05) is 48.9 Å². The van der Waals surface area contributed by atoms with Gasteiger partial charge in [0.1, 0.15) is 0 Å². The van der Waals surface area contributed by atoms with Crippen LogP contribution in [0, 0.1) is 6.92 Å². The fraction of sp³-hybridized carbons (Fsp3) is 0.263. The van der Waals surface area contributed by atoms with Crippen molar-refractivity contribution in [2.45, 2.75) is 38.1 Å². The molecule has 0 heterocycles. The minimum absolute atomic E-state index is 0.285. The molecular formula is C19H21NO2S. The molecule has 1 atom stereocenters. The van der Waals surface area contributed by atoms with E-state index in [0.717, 1.165) is 28.7 Å². The van der Waals surface area contributed by atoms with E-state index in [1.54, 1.807) is 12.1 Å². The van der Waals surface area contributed by atoms with Gasteiger partial charge < -0.3 is 0 Å². The normalized spacial score (nSPS) is 17.4. The van der Waals surface area contributed by atoms with Crippen LogP contribution in [0.1, 0.15) is 43.0 Å². The molecule has 0 amide bonds. The lowest BCUT2D eigenvalue weighted by atomic mass is 10.0. The highest BCUT2D eigenvalue weighted by molar-refractivity contribution is 7.89. The molecule has 0 radical (unpaired) electrons. The van der Waals surface area contributed by atoms with Crippen molar-refractivity contribution in [1.82, 2.24) is 4.72 Å². The van der Waals surface area contributed by atoms with Crippen molar-refractivity contribution >= 4 is 15.6 Å². The standard InChI is InChI=1S/C19H21NO2S/c1-4-16-14(3)19(18-8-6-5-7-17(16)18)20-23(21,22)15-11-9-13(2)10-12-15/h5-12,19-20H,4H2,1-3H3. The van der Waals surface area contributed by atoms with Gasteiger partial charge >= 0.3 is 0 Å². The number of aryl methyl sites for hydroxylation is 1. The predicted octanol–water partition coefficient (Wildman–Crippen LogP) is 4.21. The first-order valence-electron chi connectivity index (χ1n) is 7.82. The molecule has 120 valence electrons. The van der Waals surface area contributed by atoms with E-state index in [1.165, 1.54) is 5.57 Å². The van der Waals surface area contributed by atoms with Crippen LogP contribution in [0.2, 0.25) is 0 Å². The lowest BCUT2D eigenvalue weighted by Gasteiger charge is -2.17. The van der Waals surface area contributed by atoms with Crippen LogP contribution < -0.4 is 4.72 Å². The quantitative estimate of drug-likeness (QED) is 0.914. The minimum atomic E-state index is -3.55. The number of benzene rings is 2. The second-order valence-corrected chi connectivity index (χ2v) is 7.68. The van der Waals surface area contributed by atoms with E-state index < -0.39 is 10.0 Å². The van der Waals surface area contributed by atoms with Crippen molar-refractivity contribution in [3.8, 4) is 0 Å². The van der Waals surface area contributed by atoms with E-state index in [2.05, 4.69) is 17.7 Å². The van der Waals surface area contributed by atoms with Gasteiger partial charge in [-0.2, -0.15) is 4.72 Å². The molecule has 0 fully saturated rings. The summed E-state index contributed by atoms with van der Waals surface area (Å²) in [5.41, 5.74) is 5.56. The lowest BCUT2D eigenvalue weighted by Crippen LogP contribution is -2.28. The Morgan fingerprint density at radius 1 is 1.00 bits per heavy atom. The Kier molecular flexibility index (Phi) is 4.13. The summed E-state index contributed by atoms with van der Waals surface area (Å²) in [5.74, 6) is 0. The van der Waals surface area contributed by atoms with Crippen molar-refractivity contribution in [3.05, 3.63) is 70.8 Å². The highest BCUT2D eigenvalue weighted by Gasteiger charge is 2.31. The second-order valence-electron chi connectivity index (χ2n) is 5.97. The molecule has 0 spiro atoms. The fourth-order valence-corrected chi connectivity index (χ4v) is 4.45. The molecule has 1 aliphatic carbocycles. The number of rotatable bonds is 4. The molecule has 2 aromatic rings. The first-order chi connectivity index (χ1) is 10.9. The fourth-order valence-electron chi connectivity index (χ4n) is 3.21. The molecule has 0 saturated heterocycles. The SMILES string of the molecule is CCC1=C(C)C(NS(=O)(=O)c2ccc(C)cc2)c2ccccc21. The molecular weight excluding hydrogens is 306 g/mol. The van der Waals surface area contributed by atoms with E-state index >= 15 is 0 Å². The molecule has 0 saturated carbocycles. The minimum Gasteiger partial charge on any atom is -0.207 e. The first kappa shape index (κ1) is 16.0. The summed E-state index contributed by atoms with van der Waals surface area (Å²) in [4.78, 5) is 0.304. The highest BCUT2D eigenvalue weighted by Crippen LogP contribution is 2.42. The average molecular weight is 327 g/mol. The molecule has 3 nitrogen and oxygen atoms in total. The van der Waals surface area contributed by atoms with Gasteiger partial charge in [0.25, 0.3) is 0 Å². The topological polar surface area (TPSA) is 46.2 Å². The van der Waals surface area contributed by atoms with E-state index in [9.17, 15) is 8.42 Å². The van der Waals surface area contributed by atoms with E-state index in [4.69, 9.17) is 0 Å². The summed E-state index contributed by atoms with van der Waals surface area (Å²) < 4.78 is 28.3. The maximum atomic E-state index is 12.7. The zero-order valence-electron chi connectivity index (χ0n) is 13.6. The van der Waals surface area contributed by atoms with Gasteiger partial charge in [0.05, 0.1) is 10.9 Å². The maximum Gasteiger partial charge on any atom is 0.241 e. The molecule has 1 aliphatic rings. The monoisotopic (exact) mass is 327 g/mol. The van der Waals surface area contributed by atoms with Gasteiger partial charge in [-0.05, 0) is 54.7 Å². The third kappa shape index (κ3) is 2.84. The maximum absolute atomic E-state index is 12.7. The molecule has 4 heteroatoms. The lowest BCUT2D eigenvalue weighted by molar-refractivity contribution is 0.572. The third-order valence-corrected chi connectivity index (χ3v) is 5.90. The number of fused-ring (bicyclic) bond motifs is 1. The molecule has 2 aromatic carbocycles. The largest absolute Gasteiger partial charge is 0.241 e. The Morgan fingerprint density at radius 3 is 2.30 bits per heavy atom. The Hall–Kier alpha value is -1.91. The zero-order valence-corrected chi connectivity index (χ0v) is 14.4. The zero-order chi connectivity index (χ0) is 16.6. The van der Waals surface area contributed by atoms with Gasteiger partial charge in [0.2, 0.25) is 10.0 Å². The van der Waals surface area contributed by atoms with Crippen LogP contribution >= 0.6 is 0 Å². The van der Waals surface area contributed by atoms with Crippen LogP contribution in [-0.4, -0.2) is 8.42 Å². The third-order valence-electron chi connectivity index (χ3n) is 4.46. The van der Waals surface area contributed by atoms with E-state index in [1.807, 2.05) is 44.2 Å². The summed E-state index contributed by atoms with van der Waals surface area (Å²) in [5, 5.41) is 0. The molecule has 23 heavy (non-hydrogen) atoms. The van der Waals surface area contributed by atoms with Gasteiger partial charge in [0.15, 0.2) is 0 Å². The van der Waals surface area contributed by atoms with Crippen molar-refractivity contribution in [3.63, 3.8) is 0 Å². The van der Waals surface area contributed by atoms with Crippen molar-refractivity contribution < 1.29 is 8.42 Å². The first-order valence-corrected chi connectivity index (χ1v) is 9.30. The number of sulfonamides is 1. The molecule has 1 N–H and O–H groups in total. The van der Waals surface area contributed by atoms with E-state index in [-0.39, 0.29) is 6.04 Å². The van der Waals surface area contributed by atoms with Crippen molar-refractivity contribution in [1.29, 1.82) is 0 Å². The number of allylic oxidation sites excluding steroid dienone is 1. The number of hydrogen-bond donors (Lipinski definition) is 1. The Bertz CT molecular complexity index is 864. The van der Waals surface area contributed by atoms with Crippen LogP contribution in [0.5, 0.6) is 0 Å². The van der Waals surface area contributed by atoms with E-state index in [0.29, 0.717) is 4.90 Å². The summed E-state index contributed by atoms with van der Waals surface area (Å²) in [6, 6.07) is 14.7. The van der Waals surface area contributed by atoms with Crippen LogP contribution in [0.25, 0.3) is 5.57 Å². The summed E-state index contributed by atoms with van der Waals surface area (Å²) in [7, 11) is -3.55. The van der Waals surface area contributed by atoms with Gasteiger partial charge in [-0.15, -0.1) is 0 Å². The molecule has 0 aromatic heterocycles. The Morgan fingerprint density at radius 2 is 1.65 bits per heavy atom.